The van der Waals surface area contributed by atoms with Gasteiger partial charge in [0, 0.05) is 11.3 Å². The van der Waals surface area contributed by atoms with Gasteiger partial charge in [0.1, 0.15) is 11.6 Å². The van der Waals surface area contributed by atoms with Crippen LogP contribution in [0.15, 0.2) is 60.7 Å². The van der Waals surface area contributed by atoms with Crippen molar-refractivity contribution in [3.05, 3.63) is 77.4 Å². The SMILES string of the molecule is CCc1cccc(C)c1NC(=O)COC(=O)c1ccc2nc(-c3ccc(OC)cc3)[nH]c2c1. The standard InChI is InChI=1S/C26H25N3O4/c1-4-17-7-5-6-16(2)24(17)29-23(30)15-33-26(31)19-10-13-21-22(14-19)28-25(27-21)18-8-11-20(32-3)12-9-18/h5-14H,4,15H2,1-3H3,(H,27,28)(H,29,30). The molecule has 1 amide bonds. The monoisotopic (exact) mass is 443 g/mol. The van der Waals surface area contributed by atoms with Crippen LogP contribution in [0.4, 0.5) is 5.69 Å². The number of aromatic nitrogens is 2. The number of fused-ring (bicyclic) bond motifs is 1. The molecule has 0 fully saturated rings. The number of para-hydroxylation sites is 1. The van der Waals surface area contributed by atoms with Crippen LogP contribution < -0.4 is 10.1 Å². The van der Waals surface area contributed by atoms with Crippen LogP contribution in [0.2, 0.25) is 0 Å². The molecule has 7 heteroatoms. The summed E-state index contributed by atoms with van der Waals surface area (Å²) in [6, 6.07) is 18.4. The van der Waals surface area contributed by atoms with E-state index in [9.17, 15) is 9.59 Å². The van der Waals surface area contributed by atoms with Crippen molar-refractivity contribution in [2.45, 2.75) is 20.3 Å². The fourth-order valence-corrected chi connectivity index (χ4v) is 3.61. The first kappa shape index (κ1) is 22.1. The Morgan fingerprint density at radius 2 is 1.85 bits per heavy atom. The van der Waals surface area contributed by atoms with Gasteiger partial charge in [0.25, 0.3) is 5.91 Å². The zero-order valence-electron chi connectivity index (χ0n) is 18.8. The van der Waals surface area contributed by atoms with Gasteiger partial charge in [0.15, 0.2) is 6.61 Å². The molecule has 1 heterocycles. The van der Waals surface area contributed by atoms with E-state index in [1.54, 1.807) is 25.3 Å². The molecule has 7 nitrogen and oxygen atoms in total. The lowest BCUT2D eigenvalue weighted by molar-refractivity contribution is -0.119. The van der Waals surface area contributed by atoms with Crippen molar-refractivity contribution in [2.24, 2.45) is 0 Å². The van der Waals surface area contributed by atoms with E-state index in [1.807, 2.05) is 56.3 Å². The number of nitrogens with zero attached hydrogens (tertiary/aromatic N) is 1. The zero-order valence-corrected chi connectivity index (χ0v) is 18.8. The Labute approximate surface area is 191 Å². The highest BCUT2D eigenvalue weighted by Gasteiger charge is 2.14. The molecule has 0 aliphatic heterocycles. The fourth-order valence-electron chi connectivity index (χ4n) is 3.61. The number of H-pyrrole nitrogens is 1. The number of carbonyl (C=O) groups excluding carboxylic acids is 2. The van der Waals surface area contributed by atoms with Crippen LogP contribution in [0, 0.1) is 6.92 Å². The molecule has 0 radical (unpaired) electrons. The quantitative estimate of drug-likeness (QED) is 0.396. The van der Waals surface area contributed by atoms with Crippen molar-refractivity contribution in [3.8, 4) is 17.1 Å². The highest BCUT2D eigenvalue weighted by atomic mass is 16.5. The fraction of sp³-hybridized carbons (Fsp3) is 0.192. The summed E-state index contributed by atoms with van der Waals surface area (Å²) in [6.45, 7) is 3.59. The topological polar surface area (TPSA) is 93.3 Å². The van der Waals surface area contributed by atoms with Gasteiger partial charge in [-0.1, -0.05) is 25.1 Å². The van der Waals surface area contributed by atoms with Crippen LogP contribution in [0.1, 0.15) is 28.4 Å². The van der Waals surface area contributed by atoms with Crippen LogP contribution in [-0.2, 0) is 16.0 Å². The molecule has 2 N–H and O–H groups in total. The normalized spacial score (nSPS) is 10.8. The van der Waals surface area contributed by atoms with Gasteiger partial charge in [-0.25, -0.2) is 9.78 Å². The molecule has 1 aromatic heterocycles. The number of aryl methyl sites for hydroxylation is 2. The maximum Gasteiger partial charge on any atom is 0.338 e. The van der Waals surface area contributed by atoms with Crippen molar-refractivity contribution < 1.29 is 19.1 Å². The molecule has 0 aliphatic carbocycles. The Morgan fingerprint density at radius 1 is 1.06 bits per heavy atom. The highest BCUT2D eigenvalue weighted by molar-refractivity contribution is 5.98. The van der Waals surface area contributed by atoms with Crippen molar-refractivity contribution in [2.75, 3.05) is 19.0 Å². The second-order valence-electron chi connectivity index (χ2n) is 7.63. The van der Waals surface area contributed by atoms with Gasteiger partial charge in [-0.05, 0) is 66.9 Å². The van der Waals surface area contributed by atoms with Gasteiger partial charge < -0.3 is 19.8 Å². The lowest BCUT2D eigenvalue weighted by Gasteiger charge is -2.13. The summed E-state index contributed by atoms with van der Waals surface area (Å²) in [6.07, 6.45) is 0.791. The van der Waals surface area contributed by atoms with E-state index in [4.69, 9.17) is 9.47 Å². The van der Waals surface area contributed by atoms with E-state index < -0.39 is 5.97 Å². The summed E-state index contributed by atoms with van der Waals surface area (Å²) in [5.74, 6) is 0.490. The first-order chi connectivity index (χ1) is 16.0. The Hall–Kier alpha value is -4.13. The summed E-state index contributed by atoms with van der Waals surface area (Å²) >= 11 is 0. The number of anilines is 1. The molecule has 0 aliphatic rings. The number of hydrogen-bond donors (Lipinski definition) is 2. The van der Waals surface area contributed by atoms with E-state index in [0.717, 1.165) is 40.1 Å². The van der Waals surface area contributed by atoms with Crippen molar-refractivity contribution >= 4 is 28.6 Å². The Bertz CT molecular complexity index is 1310. The summed E-state index contributed by atoms with van der Waals surface area (Å²) in [5, 5.41) is 2.85. The average molecular weight is 444 g/mol. The molecule has 0 saturated heterocycles. The first-order valence-electron chi connectivity index (χ1n) is 10.7. The molecule has 0 bridgehead atoms. The smallest absolute Gasteiger partial charge is 0.338 e. The third-order valence-electron chi connectivity index (χ3n) is 5.42. The van der Waals surface area contributed by atoms with Crippen molar-refractivity contribution in [3.63, 3.8) is 0 Å². The maximum atomic E-state index is 12.5. The molecule has 4 rings (SSSR count). The Kier molecular flexibility index (Phi) is 6.40. The molecule has 0 atom stereocenters. The third-order valence-corrected chi connectivity index (χ3v) is 5.42. The molecule has 0 saturated carbocycles. The predicted octanol–water partition coefficient (Wildman–Crippen LogP) is 4.90. The molecule has 3 aromatic carbocycles. The van der Waals surface area contributed by atoms with Gasteiger partial charge in [0.05, 0.1) is 23.7 Å². The van der Waals surface area contributed by atoms with Crippen LogP contribution in [0.3, 0.4) is 0 Å². The Balaban J connectivity index is 1.43. The molecule has 168 valence electrons. The molecule has 33 heavy (non-hydrogen) atoms. The number of aromatic amines is 1. The number of methoxy groups -OCH3 is 1. The number of esters is 1. The van der Waals surface area contributed by atoms with Crippen LogP contribution in [-0.4, -0.2) is 35.6 Å². The number of rotatable bonds is 7. The minimum absolute atomic E-state index is 0.338. The molecular formula is C26H25N3O4. The summed E-state index contributed by atoms with van der Waals surface area (Å²) in [7, 11) is 1.62. The molecule has 0 spiro atoms. The first-order valence-corrected chi connectivity index (χ1v) is 10.7. The van der Waals surface area contributed by atoms with E-state index in [0.29, 0.717) is 16.9 Å². The maximum absolute atomic E-state index is 12.5. The van der Waals surface area contributed by atoms with E-state index in [2.05, 4.69) is 15.3 Å². The lowest BCUT2D eigenvalue weighted by Crippen LogP contribution is -2.22. The highest BCUT2D eigenvalue weighted by Crippen LogP contribution is 2.24. The number of imidazole rings is 1. The average Bonchev–Trinajstić information content (AvgIpc) is 3.27. The number of ether oxygens (including phenoxy) is 2. The number of amides is 1. The minimum Gasteiger partial charge on any atom is -0.497 e. The van der Waals surface area contributed by atoms with Crippen LogP contribution in [0.5, 0.6) is 5.75 Å². The van der Waals surface area contributed by atoms with Crippen LogP contribution in [0.25, 0.3) is 22.4 Å². The lowest BCUT2D eigenvalue weighted by atomic mass is 10.1. The molecular weight excluding hydrogens is 418 g/mol. The van der Waals surface area contributed by atoms with Gasteiger partial charge >= 0.3 is 5.97 Å². The molecule has 4 aromatic rings. The van der Waals surface area contributed by atoms with E-state index in [1.165, 1.54) is 0 Å². The van der Waals surface area contributed by atoms with Gasteiger partial charge in [-0.2, -0.15) is 0 Å². The number of nitrogens with one attached hydrogen (secondary N) is 2. The van der Waals surface area contributed by atoms with E-state index in [-0.39, 0.29) is 12.5 Å². The van der Waals surface area contributed by atoms with Crippen molar-refractivity contribution in [1.29, 1.82) is 0 Å². The Morgan fingerprint density at radius 3 is 2.58 bits per heavy atom. The molecule has 0 unspecified atom stereocenters. The minimum atomic E-state index is -0.576. The summed E-state index contributed by atoms with van der Waals surface area (Å²) in [5.41, 5.74) is 5.43. The largest absolute Gasteiger partial charge is 0.497 e. The van der Waals surface area contributed by atoms with Gasteiger partial charge in [0.2, 0.25) is 0 Å². The number of hydrogen-bond acceptors (Lipinski definition) is 5. The van der Waals surface area contributed by atoms with E-state index >= 15 is 0 Å². The summed E-state index contributed by atoms with van der Waals surface area (Å²) in [4.78, 5) is 32.7. The third kappa shape index (κ3) is 4.87. The van der Waals surface area contributed by atoms with Gasteiger partial charge in [-0.15, -0.1) is 0 Å². The zero-order chi connectivity index (χ0) is 23.4. The second kappa shape index (κ2) is 9.56. The number of carbonyl (C=O) groups is 2. The summed E-state index contributed by atoms with van der Waals surface area (Å²) < 4.78 is 10.4. The predicted molar refractivity (Wildman–Crippen MR) is 128 cm³/mol. The van der Waals surface area contributed by atoms with Gasteiger partial charge in [-0.3, -0.25) is 4.79 Å². The number of benzene rings is 3. The van der Waals surface area contributed by atoms with Crippen molar-refractivity contribution in [1.82, 2.24) is 9.97 Å². The second-order valence-corrected chi connectivity index (χ2v) is 7.63. The van der Waals surface area contributed by atoms with Crippen LogP contribution >= 0.6 is 0 Å².